The average Bonchev–Trinajstić information content (AvgIpc) is 3.09. The van der Waals surface area contributed by atoms with Gasteiger partial charge >= 0.3 is 0 Å². The van der Waals surface area contributed by atoms with Gasteiger partial charge in [-0.3, -0.25) is 14.5 Å². The molecule has 6 heteroatoms. The quantitative estimate of drug-likeness (QED) is 0.570. The number of hydrogen-bond donors (Lipinski definition) is 0. The van der Waals surface area contributed by atoms with Crippen molar-refractivity contribution in [2.45, 2.75) is 19.3 Å². The first-order valence-electron chi connectivity index (χ1n) is 8.53. The van der Waals surface area contributed by atoms with Crippen molar-refractivity contribution in [1.82, 2.24) is 24.5 Å². The van der Waals surface area contributed by atoms with Crippen LogP contribution in [0.5, 0.6) is 0 Å². The van der Waals surface area contributed by atoms with Crippen LogP contribution in [0, 0.1) is 0 Å². The van der Waals surface area contributed by atoms with Crippen LogP contribution in [-0.2, 0) is 13.5 Å². The second-order valence-corrected chi connectivity index (χ2v) is 6.50. The van der Waals surface area contributed by atoms with Crippen LogP contribution in [0.25, 0.3) is 16.6 Å². The zero-order valence-electron chi connectivity index (χ0n) is 14.7. The van der Waals surface area contributed by atoms with Crippen molar-refractivity contribution >= 4 is 10.9 Å². The van der Waals surface area contributed by atoms with E-state index in [2.05, 4.69) is 40.3 Å². The van der Waals surface area contributed by atoms with Gasteiger partial charge in [0.05, 0.1) is 17.9 Å². The van der Waals surface area contributed by atoms with E-state index in [-0.39, 0.29) is 11.3 Å². The number of fused-ring (bicyclic) bond motifs is 1. The van der Waals surface area contributed by atoms with Gasteiger partial charge in [-0.2, -0.15) is 10.2 Å². The van der Waals surface area contributed by atoms with Crippen molar-refractivity contribution in [3.8, 4) is 5.69 Å². The standard InChI is InChI=1S/C20H19N5O/c1-14(15-5-6-18-16(11-15)4-3-8-21-18)10-19-20(26)7-9-25(23-19)17-12-22-24(2)13-17/h3-9,11-14H,10H2,1-2H3/t14-/m0/s1. The van der Waals surface area contributed by atoms with Gasteiger partial charge in [-0.15, -0.1) is 0 Å². The van der Waals surface area contributed by atoms with Gasteiger partial charge in [-0.1, -0.05) is 19.1 Å². The highest BCUT2D eigenvalue weighted by atomic mass is 16.1. The van der Waals surface area contributed by atoms with Crippen LogP contribution in [0.15, 0.2) is 66.0 Å². The molecule has 0 amide bonds. The third kappa shape index (κ3) is 3.13. The Balaban J connectivity index is 1.64. The smallest absolute Gasteiger partial charge is 0.203 e. The maximum Gasteiger partial charge on any atom is 0.203 e. The van der Waals surface area contributed by atoms with Crippen molar-refractivity contribution in [1.29, 1.82) is 0 Å². The highest BCUT2D eigenvalue weighted by Gasteiger charge is 2.12. The van der Waals surface area contributed by atoms with Gasteiger partial charge in [-0.25, -0.2) is 4.68 Å². The van der Waals surface area contributed by atoms with E-state index in [1.807, 2.05) is 25.4 Å². The summed E-state index contributed by atoms with van der Waals surface area (Å²) in [6.07, 6.45) is 7.63. The maximum atomic E-state index is 12.3. The molecule has 0 aliphatic rings. The molecule has 0 spiro atoms. The number of rotatable bonds is 4. The fourth-order valence-electron chi connectivity index (χ4n) is 3.07. The first-order valence-corrected chi connectivity index (χ1v) is 8.53. The van der Waals surface area contributed by atoms with Crippen LogP contribution in [0.3, 0.4) is 0 Å². The SMILES string of the molecule is C[C@@H](Cc1nn(-c2cnn(C)c2)ccc1=O)c1ccc2ncccc2c1. The molecule has 26 heavy (non-hydrogen) atoms. The molecule has 4 aromatic rings. The number of aryl methyl sites for hydroxylation is 1. The summed E-state index contributed by atoms with van der Waals surface area (Å²) in [5.41, 5.74) is 3.48. The molecule has 0 saturated carbocycles. The fraction of sp³-hybridized carbons (Fsp3) is 0.200. The summed E-state index contributed by atoms with van der Waals surface area (Å²) in [7, 11) is 1.85. The predicted molar refractivity (Wildman–Crippen MR) is 100 cm³/mol. The highest BCUT2D eigenvalue weighted by Crippen LogP contribution is 2.22. The van der Waals surface area contributed by atoms with Gasteiger partial charge < -0.3 is 0 Å². The van der Waals surface area contributed by atoms with Gasteiger partial charge in [0.25, 0.3) is 0 Å². The number of nitrogens with zero attached hydrogens (tertiary/aromatic N) is 5. The molecule has 0 aliphatic heterocycles. The molecule has 0 saturated heterocycles. The third-order valence-electron chi connectivity index (χ3n) is 4.53. The summed E-state index contributed by atoms with van der Waals surface area (Å²) in [4.78, 5) is 16.6. The van der Waals surface area contributed by atoms with E-state index in [4.69, 9.17) is 0 Å². The number of aromatic nitrogens is 5. The molecule has 0 bridgehead atoms. The lowest BCUT2D eigenvalue weighted by molar-refractivity contribution is 0.693. The first kappa shape index (κ1) is 16.2. The lowest BCUT2D eigenvalue weighted by Gasteiger charge is -2.13. The molecule has 0 aliphatic carbocycles. The Morgan fingerprint density at radius 3 is 2.88 bits per heavy atom. The molecule has 3 aromatic heterocycles. The molecule has 0 unspecified atom stereocenters. The molecule has 130 valence electrons. The summed E-state index contributed by atoms with van der Waals surface area (Å²) in [6, 6.07) is 11.8. The van der Waals surface area contributed by atoms with E-state index in [0.717, 1.165) is 16.6 Å². The summed E-state index contributed by atoms with van der Waals surface area (Å²) in [5.74, 6) is 0.171. The second kappa shape index (κ2) is 6.55. The van der Waals surface area contributed by atoms with E-state index < -0.39 is 0 Å². The van der Waals surface area contributed by atoms with Crippen LogP contribution in [-0.4, -0.2) is 24.5 Å². The Labute approximate surface area is 150 Å². The summed E-state index contributed by atoms with van der Waals surface area (Å²) >= 11 is 0. The van der Waals surface area contributed by atoms with Crippen LogP contribution < -0.4 is 5.43 Å². The third-order valence-corrected chi connectivity index (χ3v) is 4.53. The predicted octanol–water partition coefficient (Wildman–Crippen LogP) is 2.86. The minimum absolute atomic E-state index is 0.0422. The topological polar surface area (TPSA) is 65.6 Å². The van der Waals surface area contributed by atoms with E-state index in [0.29, 0.717) is 12.1 Å². The van der Waals surface area contributed by atoms with Crippen molar-refractivity contribution in [2.75, 3.05) is 0 Å². The molecule has 0 radical (unpaired) electrons. The molecular formula is C20H19N5O. The average molecular weight is 345 g/mol. The summed E-state index contributed by atoms with van der Waals surface area (Å²) in [6.45, 7) is 2.11. The highest BCUT2D eigenvalue weighted by molar-refractivity contribution is 5.79. The molecule has 4 rings (SSSR count). The fourth-order valence-corrected chi connectivity index (χ4v) is 3.07. The van der Waals surface area contributed by atoms with Crippen LogP contribution in [0.1, 0.15) is 24.1 Å². The normalized spacial score (nSPS) is 12.4. The number of hydrogen-bond acceptors (Lipinski definition) is 4. The number of benzene rings is 1. The zero-order valence-corrected chi connectivity index (χ0v) is 14.7. The summed E-state index contributed by atoms with van der Waals surface area (Å²) in [5, 5.41) is 9.78. The van der Waals surface area contributed by atoms with Crippen LogP contribution >= 0.6 is 0 Å². The minimum atomic E-state index is -0.0422. The Hall–Kier alpha value is -3.28. The molecule has 3 heterocycles. The zero-order chi connectivity index (χ0) is 18.1. The van der Waals surface area contributed by atoms with Gasteiger partial charge in [0.2, 0.25) is 5.43 Å². The molecule has 6 nitrogen and oxygen atoms in total. The van der Waals surface area contributed by atoms with Gasteiger partial charge in [0, 0.05) is 37.3 Å². The molecule has 0 N–H and O–H groups in total. The lowest BCUT2D eigenvalue weighted by Crippen LogP contribution is -2.17. The summed E-state index contributed by atoms with van der Waals surface area (Å²) < 4.78 is 3.40. The molecule has 1 atom stereocenters. The van der Waals surface area contributed by atoms with E-state index in [1.54, 1.807) is 34.0 Å². The number of pyridine rings is 1. The van der Waals surface area contributed by atoms with Crippen molar-refractivity contribution in [3.63, 3.8) is 0 Å². The Bertz CT molecular complexity index is 1130. The lowest BCUT2D eigenvalue weighted by atomic mass is 9.95. The van der Waals surface area contributed by atoms with Gasteiger partial charge in [0.15, 0.2) is 0 Å². The van der Waals surface area contributed by atoms with Crippen LogP contribution in [0.4, 0.5) is 0 Å². The van der Waals surface area contributed by atoms with Crippen molar-refractivity contribution in [2.24, 2.45) is 7.05 Å². The van der Waals surface area contributed by atoms with Crippen molar-refractivity contribution in [3.05, 3.63) is 82.7 Å². The largest absolute Gasteiger partial charge is 0.288 e. The van der Waals surface area contributed by atoms with E-state index in [9.17, 15) is 4.79 Å². The van der Waals surface area contributed by atoms with Crippen molar-refractivity contribution < 1.29 is 0 Å². The molecule has 0 fully saturated rings. The monoisotopic (exact) mass is 345 g/mol. The molecule has 1 aromatic carbocycles. The van der Waals surface area contributed by atoms with Gasteiger partial charge in [-0.05, 0) is 29.7 Å². The molecular weight excluding hydrogens is 326 g/mol. The Morgan fingerprint density at radius 1 is 1.19 bits per heavy atom. The van der Waals surface area contributed by atoms with E-state index in [1.165, 1.54) is 5.56 Å². The minimum Gasteiger partial charge on any atom is -0.288 e. The first-order chi connectivity index (χ1) is 12.6. The van der Waals surface area contributed by atoms with Gasteiger partial charge in [0.1, 0.15) is 11.4 Å². The Morgan fingerprint density at radius 2 is 2.08 bits per heavy atom. The van der Waals surface area contributed by atoms with E-state index >= 15 is 0 Å². The maximum absolute atomic E-state index is 12.3. The van der Waals surface area contributed by atoms with Crippen LogP contribution in [0.2, 0.25) is 0 Å². The Kier molecular flexibility index (Phi) is 4.08. The second-order valence-electron chi connectivity index (χ2n) is 6.50.